The summed E-state index contributed by atoms with van der Waals surface area (Å²) in [7, 11) is 1.48. The number of nitrogens with two attached hydrogens (primary N) is 1. The van der Waals surface area contributed by atoms with E-state index < -0.39 is 6.04 Å². The molecule has 6 nitrogen and oxygen atoms in total. The minimum absolute atomic E-state index is 0.180. The molecule has 0 saturated heterocycles. The average molecular weight is 196 g/mol. The van der Waals surface area contributed by atoms with Crippen LogP contribution in [0.5, 0.6) is 0 Å². The third-order valence-corrected chi connectivity index (χ3v) is 1.51. The van der Waals surface area contributed by atoms with Gasteiger partial charge in [0.2, 0.25) is 5.91 Å². The van der Waals surface area contributed by atoms with Gasteiger partial charge in [0.1, 0.15) is 12.4 Å². The molecule has 0 saturated carbocycles. The molecule has 1 unspecified atom stereocenters. The third-order valence-electron chi connectivity index (χ3n) is 1.51. The molecule has 1 amide bonds. The third kappa shape index (κ3) is 3.08. The van der Waals surface area contributed by atoms with E-state index in [1.807, 2.05) is 0 Å². The van der Waals surface area contributed by atoms with E-state index >= 15 is 0 Å². The maximum atomic E-state index is 11.3. The highest BCUT2D eigenvalue weighted by atomic mass is 16.5. The van der Waals surface area contributed by atoms with Gasteiger partial charge in [0, 0.05) is 7.11 Å². The van der Waals surface area contributed by atoms with Crippen molar-refractivity contribution in [3.63, 3.8) is 0 Å². The lowest BCUT2D eigenvalue weighted by Gasteiger charge is -2.10. The van der Waals surface area contributed by atoms with Gasteiger partial charge in [-0.3, -0.25) is 4.79 Å². The second-order valence-corrected chi connectivity index (χ2v) is 2.68. The number of carbonyl (C=O) groups is 1. The number of amides is 1. The second kappa shape index (κ2) is 5.25. The zero-order valence-corrected chi connectivity index (χ0v) is 7.80. The fraction of sp³-hybridized carbons (Fsp3) is 0.375. The van der Waals surface area contributed by atoms with Crippen molar-refractivity contribution < 1.29 is 9.53 Å². The van der Waals surface area contributed by atoms with Crippen molar-refractivity contribution in [2.24, 2.45) is 5.73 Å². The fourth-order valence-corrected chi connectivity index (χ4v) is 0.854. The summed E-state index contributed by atoms with van der Waals surface area (Å²) in [6.07, 6.45) is 4.36. The Morgan fingerprint density at radius 2 is 2.29 bits per heavy atom. The second-order valence-electron chi connectivity index (χ2n) is 2.68. The van der Waals surface area contributed by atoms with Crippen molar-refractivity contribution in [1.29, 1.82) is 0 Å². The molecule has 0 aliphatic rings. The van der Waals surface area contributed by atoms with Crippen LogP contribution in [0, 0.1) is 0 Å². The number of hydrogen-bond acceptors (Lipinski definition) is 5. The van der Waals surface area contributed by atoms with Gasteiger partial charge < -0.3 is 15.8 Å². The molecule has 0 aliphatic heterocycles. The van der Waals surface area contributed by atoms with Crippen LogP contribution in [0.2, 0.25) is 0 Å². The topological polar surface area (TPSA) is 90.1 Å². The molecule has 0 aromatic carbocycles. The van der Waals surface area contributed by atoms with E-state index in [1.165, 1.54) is 25.8 Å². The van der Waals surface area contributed by atoms with Crippen molar-refractivity contribution in [3.05, 3.63) is 18.7 Å². The summed E-state index contributed by atoms with van der Waals surface area (Å²) < 4.78 is 4.75. The minimum atomic E-state index is -0.680. The van der Waals surface area contributed by atoms with E-state index in [1.54, 1.807) is 0 Å². The number of hydrogen-bond donors (Lipinski definition) is 2. The number of nitrogens with one attached hydrogen (secondary N) is 1. The van der Waals surface area contributed by atoms with Crippen LogP contribution in [0.15, 0.2) is 18.7 Å². The van der Waals surface area contributed by atoms with Gasteiger partial charge in [-0.15, -0.1) is 0 Å². The molecule has 0 radical (unpaired) electrons. The van der Waals surface area contributed by atoms with Crippen LogP contribution < -0.4 is 11.1 Å². The monoisotopic (exact) mass is 196 g/mol. The van der Waals surface area contributed by atoms with E-state index in [0.717, 1.165) is 0 Å². The first-order chi connectivity index (χ1) is 6.74. The predicted octanol–water partition coefficient (Wildman–Crippen LogP) is -0.611. The minimum Gasteiger partial charge on any atom is -0.383 e. The van der Waals surface area contributed by atoms with Gasteiger partial charge in [0.25, 0.3) is 0 Å². The molecule has 76 valence electrons. The van der Waals surface area contributed by atoms with Gasteiger partial charge in [-0.05, 0) is 0 Å². The van der Waals surface area contributed by atoms with Crippen LogP contribution in [0.1, 0.15) is 0 Å². The SMILES string of the molecule is COCC(N)C(=O)Nc1cncnc1. The normalized spacial score (nSPS) is 12.1. The summed E-state index contributed by atoms with van der Waals surface area (Å²) in [5.74, 6) is -0.318. The Kier molecular flexibility index (Phi) is 3.96. The Hall–Kier alpha value is -1.53. The van der Waals surface area contributed by atoms with Gasteiger partial charge >= 0.3 is 0 Å². The van der Waals surface area contributed by atoms with E-state index in [2.05, 4.69) is 15.3 Å². The van der Waals surface area contributed by atoms with Crippen LogP contribution in [0.3, 0.4) is 0 Å². The summed E-state index contributed by atoms with van der Waals surface area (Å²) in [4.78, 5) is 18.8. The van der Waals surface area contributed by atoms with Crippen LogP contribution in [0.25, 0.3) is 0 Å². The van der Waals surface area contributed by atoms with Gasteiger partial charge in [0.15, 0.2) is 0 Å². The smallest absolute Gasteiger partial charge is 0.243 e. The highest BCUT2D eigenvalue weighted by molar-refractivity contribution is 5.94. The van der Waals surface area contributed by atoms with E-state index in [4.69, 9.17) is 10.5 Å². The molecule has 1 rings (SSSR count). The fourth-order valence-electron chi connectivity index (χ4n) is 0.854. The Labute approximate surface area is 81.5 Å². The quantitative estimate of drug-likeness (QED) is 0.670. The molecule has 1 atom stereocenters. The predicted molar refractivity (Wildman–Crippen MR) is 50.5 cm³/mol. The van der Waals surface area contributed by atoms with Crippen molar-refractivity contribution in [2.45, 2.75) is 6.04 Å². The van der Waals surface area contributed by atoms with Crippen molar-refractivity contribution in [2.75, 3.05) is 19.0 Å². The maximum Gasteiger partial charge on any atom is 0.243 e. The number of carbonyl (C=O) groups excluding carboxylic acids is 1. The molecule has 3 N–H and O–H groups in total. The molecule has 14 heavy (non-hydrogen) atoms. The molecule has 6 heteroatoms. The molecule has 0 fully saturated rings. The largest absolute Gasteiger partial charge is 0.383 e. The summed E-state index contributed by atoms with van der Waals surface area (Å²) in [5, 5.41) is 2.56. The standard InChI is InChI=1S/C8H12N4O2/c1-14-4-7(9)8(13)12-6-2-10-5-11-3-6/h2-3,5,7H,4,9H2,1H3,(H,12,13). The first-order valence-corrected chi connectivity index (χ1v) is 4.04. The lowest BCUT2D eigenvalue weighted by Crippen LogP contribution is -2.39. The molecule has 0 aliphatic carbocycles. The highest BCUT2D eigenvalue weighted by Crippen LogP contribution is 2.00. The summed E-state index contributed by atoms with van der Waals surface area (Å²) >= 11 is 0. The average Bonchev–Trinajstić information content (AvgIpc) is 2.19. The number of methoxy groups -OCH3 is 1. The van der Waals surface area contributed by atoms with Gasteiger partial charge in [-0.25, -0.2) is 9.97 Å². The van der Waals surface area contributed by atoms with Crippen molar-refractivity contribution in [1.82, 2.24) is 9.97 Å². The highest BCUT2D eigenvalue weighted by Gasteiger charge is 2.12. The van der Waals surface area contributed by atoms with E-state index in [9.17, 15) is 4.79 Å². The molecule has 1 aromatic heterocycles. The van der Waals surface area contributed by atoms with Gasteiger partial charge in [-0.1, -0.05) is 0 Å². The molecule has 1 heterocycles. The zero-order chi connectivity index (χ0) is 10.4. The lowest BCUT2D eigenvalue weighted by atomic mass is 10.3. The summed E-state index contributed by atoms with van der Waals surface area (Å²) in [6, 6.07) is -0.680. The molecule has 0 spiro atoms. The maximum absolute atomic E-state index is 11.3. The number of aromatic nitrogens is 2. The Balaban J connectivity index is 2.49. The van der Waals surface area contributed by atoms with Crippen LogP contribution in [-0.4, -0.2) is 35.6 Å². The Bertz CT molecular complexity index is 291. The Morgan fingerprint density at radius 1 is 1.64 bits per heavy atom. The molecule has 1 aromatic rings. The number of rotatable bonds is 4. The van der Waals surface area contributed by atoms with Crippen LogP contribution in [0.4, 0.5) is 5.69 Å². The first-order valence-electron chi connectivity index (χ1n) is 4.04. The summed E-state index contributed by atoms with van der Waals surface area (Å²) in [6.45, 7) is 0.180. The van der Waals surface area contributed by atoms with Crippen LogP contribution >= 0.6 is 0 Å². The number of anilines is 1. The van der Waals surface area contributed by atoms with Gasteiger partial charge in [-0.2, -0.15) is 0 Å². The Morgan fingerprint density at radius 3 is 2.86 bits per heavy atom. The number of nitrogens with zero attached hydrogens (tertiary/aromatic N) is 2. The van der Waals surface area contributed by atoms with E-state index in [-0.39, 0.29) is 12.5 Å². The zero-order valence-electron chi connectivity index (χ0n) is 7.80. The molecular weight excluding hydrogens is 184 g/mol. The first kappa shape index (κ1) is 10.6. The van der Waals surface area contributed by atoms with E-state index in [0.29, 0.717) is 5.69 Å². The van der Waals surface area contributed by atoms with Crippen LogP contribution in [-0.2, 0) is 9.53 Å². The van der Waals surface area contributed by atoms with Gasteiger partial charge in [0.05, 0.1) is 24.7 Å². The lowest BCUT2D eigenvalue weighted by molar-refractivity contribution is -0.118. The number of ether oxygens (including phenoxy) is 1. The molecule has 0 bridgehead atoms. The summed E-state index contributed by atoms with van der Waals surface area (Å²) in [5.41, 5.74) is 6.02. The molecular formula is C8H12N4O2. The van der Waals surface area contributed by atoms with Crippen molar-refractivity contribution in [3.8, 4) is 0 Å². The van der Waals surface area contributed by atoms with Crippen molar-refractivity contribution >= 4 is 11.6 Å².